The van der Waals surface area contributed by atoms with Gasteiger partial charge in [-0.15, -0.1) is 0 Å². The Kier molecular flexibility index (Phi) is 16.4. The number of carbonyl (C=O) groups excluding carboxylic acids is 4. The molecule has 0 saturated carbocycles. The smallest absolute Gasteiger partial charge is 0.422 e. The highest BCUT2D eigenvalue weighted by atomic mass is 19.4. The van der Waals surface area contributed by atoms with E-state index in [1.54, 1.807) is 23.1 Å². The van der Waals surface area contributed by atoms with Crippen molar-refractivity contribution in [3.8, 4) is 11.5 Å². The molecule has 15 heteroatoms. The summed E-state index contributed by atoms with van der Waals surface area (Å²) in [5, 5.41) is 0. The predicted octanol–water partition coefficient (Wildman–Crippen LogP) is 4.44. The van der Waals surface area contributed by atoms with Crippen LogP contribution in [0.5, 0.6) is 11.5 Å². The summed E-state index contributed by atoms with van der Waals surface area (Å²) >= 11 is 0. The highest BCUT2D eigenvalue weighted by Crippen LogP contribution is 2.36. The summed E-state index contributed by atoms with van der Waals surface area (Å²) in [6.07, 6.45) is -1.42. The number of piperidine rings is 2. The van der Waals surface area contributed by atoms with Crippen molar-refractivity contribution in [1.29, 1.82) is 0 Å². The van der Waals surface area contributed by atoms with E-state index in [2.05, 4.69) is 16.6 Å². The van der Waals surface area contributed by atoms with Crippen molar-refractivity contribution in [2.24, 2.45) is 17.6 Å². The number of nitrogens with zero attached hydrogens (tertiary/aromatic N) is 4. The molecule has 2 aliphatic rings. The number of amides is 3. The standard InChI is InChI=1S/C20H27F3N2O4.C18H27N3O3/c1-14-7-8-17(15-5-4-6-16(11-15)28-10-9-24(2)3)25(12-14)18(26)19(27)29-13-20(21,22)23;1-13-7-8-16(21(12-13)18(23)17(19)22)14-5-4-6-15(11-14)24-10-9-20(2)3/h4-6,11,14,17H,7-10,12-13H2,1-3H3;4-6,11,13,16H,7-10,12H2,1-3H3,(H2,19,22)/t14-,17+;13-,16+/m00/s1. The van der Waals surface area contributed by atoms with E-state index in [9.17, 15) is 32.3 Å². The molecule has 2 heterocycles. The van der Waals surface area contributed by atoms with Gasteiger partial charge in [0.25, 0.3) is 0 Å². The fraction of sp³-hybridized carbons (Fsp3) is 0.579. The zero-order valence-corrected chi connectivity index (χ0v) is 31.6. The van der Waals surface area contributed by atoms with Crippen LogP contribution in [0.3, 0.4) is 0 Å². The number of hydrogen-bond acceptors (Lipinski definition) is 9. The number of rotatable bonds is 11. The molecule has 4 atom stereocenters. The number of esters is 1. The van der Waals surface area contributed by atoms with Gasteiger partial charge in [-0.3, -0.25) is 14.4 Å². The minimum absolute atomic E-state index is 0.126. The van der Waals surface area contributed by atoms with Gasteiger partial charge < -0.3 is 39.5 Å². The zero-order valence-electron chi connectivity index (χ0n) is 31.6. The van der Waals surface area contributed by atoms with Crippen LogP contribution < -0.4 is 15.2 Å². The van der Waals surface area contributed by atoms with Crippen molar-refractivity contribution in [2.75, 3.05) is 74.2 Å². The van der Waals surface area contributed by atoms with E-state index in [4.69, 9.17) is 15.2 Å². The maximum absolute atomic E-state index is 12.5. The molecule has 0 bridgehead atoms. The van der Waals surface area contributed by atoms with Crippen LogP contribution >= 0.6 is 0 Å². The lowest BCUT2D eigenvalue weighted by atomic mass is 9.89. The van der Waals surface area contributed by atoms with Crippen LogP contribution in [0.1, 0.15) is 62.7 Å². The topological polar surface area (TPSA) is 135 Å². The first-order valence-corrected chi connectivity index (χ1v) is 17.8. The Hall–Kier alpha value is -4.37. The van der Waals surface area contributed by atoms with Gasteiger partial charge in [0.1, 0.15) is 24.7 Å². The Balaban J connectivity index is 0.000000290. The molecule has 0 unspecified atom stereocenters. The van der Waals surface area contributed by atoms with Gasteiger partial charge in [0.2, 0.25) is 0 Å². The number of nitrogens with two attached hydrogens (primary N) is 1. The van der Waals surface area contributed by atoms with E-state index < -0.39 is 42.5 Å². The maximum Gasteiger partial charge on any atom is 0.422 e. The number of carbonyl (C=O) groups is 4. The van der Waals surface area contributed by atoms with Crippen LogP contribution in [-0.2, 0) is 23.9 Å². The molecule has 12 nitrogen and oxygen atoms in total. The number of alkyl halides is 3. The molecule has 2 aliphatic heterocycles. The molecule has 2 saturated heterocycles. The van der Waals surface area contributed by atoms with Crippen molar-refractivity contribution in [3.05, 3.63) is 59.7 Å². The number of likely N-dealkylation sites (tertiary alicyclic amines) is 2. The van der Waals surface area contributed by atoms with Gasteiger partial charge in [0, 0.05) is 26.2 Å². The van der Waals surface area contributed by atoms with Gasteiger partial charge in [-0.1, -0.05) is 38.1 Å². The number of hydrogen-bond donors (Lipinski definition) is 1. The van der Waals surface area contributed by atoms with Crippen LogP contribution in [0.4, 0.5) is 13.2 Å². The Labute approximate surface area is 310 Å². The summed E-state index contributed by atoms with van der Waals surface area (Å²) in [7, 11) is 7.86. The number of primary amides is 1. The van der Waals surface area contributed by atoms with Gasteiger partial charge >= 0.3 is 29.9 Å². The molecular weight excluding hydrogens is 695 g/mol. The molecule has 4 rings (SSSR count). The van der Waals surface area contributed by atoms with Gasteiger partial charge in [0.05, 0.1) is 12.1 Å². The summed E-state index contributed by atoms with van der Waals surface area (Å²) < 4.78 is 52.6. The number of ether oxygens (including phenoxy) is 3. The second-order valence-electron chi connectivity index (χ2n) is 14.3. The lowest BCUT2D eigenvalue weighted by Gasteiger charge is -2.38. The first-order valence-electron chi connectivity index (χ1n) is 17.8. The first kappa shape index (κ1) is 43.0. The summed E-state index contributed by atoms with van der Waals surface area (Å²) in [6, 6.07) is 14.4. The maximum atomic E-state index is 12.5. The van der Waals surface area contributed by atoms with Gasteiger partial charge in [-0.25, -0.2) is 4.79 Å². The van der Waals surface area contributed by atoms with E-state index in [0.717, 1.165) is 49.2 Å². The van der Waals surface area contributed by atoms with Gasteiger partial charge in [0.15, 0.2) is 6.61 Å². The zero-order chi connectivity index (χ0) is 39.3. The van der Waals surface area contributed by atoms with E-state index in [0.29, 0.717) is 37.8 Å². The first-order chi connectivity index (χ1) is 24.9. The largest absolute Gasteiger partial charge is 0.492 e. The molecule has 0 aromatic heterocycles. The van der Waals surface area contributed by atoms with Gasteiger partial charge in [-0.2, -0.15) is 13.2 Å². The molecule has 53 heavy (non-hydrogen) atoms. The van der Waals surface area contributed by atoms with Crippen molar-refractivity contribution in [2.45, 2.75) is 57.8 Å². The van der Waals surface area contributed by atoms with Crippen molar-refractivity contribution >= 4 is 23.7 Å². The number of benzene rings is 2. The van der Waals surface area contributed by atoms with E-state index in [-0.39, 0.29) is 18.5 Å². The van der Waals surface area contributed by atoms with Crippen LogP contribution in [0.15, 0.2) is 48.5 Å². The summed E-state index contributed by atoms with van der Waals surface area (Å²) in [4.78, 5) is 54.9. The third-order valence-corrected chi connectivity index (χ3v) is 9.01. The van der Waals surface area contributed by atoms with Crippen LogP contribution in [0, 0.1) is 11.8 Å². The Morgan fingerprint density at radius 2 is 1.17 bits per heavy atom. The van der Waals surface area contributed by atoms with Crippen LogP contribution in [0.2, 0.25) is 0 Å². The molecule has 0 aliphatic carbocycles. The Morgan fingerprint density at radius 1 is 0.736 bits per heavy atom. The molecule has 2 fully saturated rings. The average molecular weight is 750 g/mol. The minimum atomic E-state index is -4.68. The normalized spacial score (nSPS) is 20.4. The van der Waals surface area contributed by atoms with Gasteiger partial charge in [-0.05, 0) is 101 Å². The molecule has 3 amide bonds. The molecule has 294 valence electrons. The molecular formula is C38H54F3N5O7. The second-order valence-corrected chi connectivity index (χ2v) is 14.3. The fourth-order valence-electron chi connectivity index (χ4n) is 6.23. The quantitative estimate of drug-likeness (QED) is 0.262. The van der Waals surface area contributed by atoms with Crippen LogP contribution in [0.25, 0.3) is 0 Å². The number of halogens is 3. The monoisotopic (exact) mass is 749 g/mol. The third kappa shape index (κ3) is 14.2. The SMILES string of the molecule is C[C@H]1CC[C@H](c2cccc(OCCN(C)C)c2)N(C(=O)C(=O)OCC(F)(F)F)C1.C[C@H]1CC[C@H](c2cccc(OCCN(C)C)c2)N(C(=O)C(N)=O)C1. The minimum Gasteiger partial charge on any atom is -0.492 e. The van der Waals surface area contributed by atoms with Crippen molar-refractivity contribution < 1.29 is 46.6 Å². The highest BCUT2D eigenvalue weighted by Gasteiger charge is 2.38. The van der Waals surface area contributed by atoms with E-state index in [1.165, 1.54) is 4.90 Å². The predicted molar refractivity (Wildman–Crippen MR) is 193 cm³/mol. The molecule has 2 aromatic carbocycles. The number of likely N-dealkylation sites (N-methyl/N-ethyl adjacent to an activating group) is 2. The second kappa shape index (κ2) is 20.2. The van der Waals surface area contributed by atoms with E-state index >= 15 is 0 Å². The fourth-order valence-corrected chi connectivity index (χ4v) is 6.23. The lowest BCUT2D eigenvalue weighted by molar-refractivity contribution is -0.190. The summed E-state index contributed by atoms with van der Waals surface area (Å²) in [6.45, 7) is 5.72. The Bertz CT molecular complexity index is 1520. The molecule has 2 N–H and O–H groups in total. The van der Waals surface area contributed by atoms with Crippen LogP contribution in [-0.4, -0.2) is 124 Å². The molecule has 2 aromatic rings. The summed E-state index contributed by atoms with van der Waals surface area (Å²) in [5.74, 6) is -2.13. The molecule has 0 radical (unpaired) electrons. The third-order valence-electron chi connectivity index (χ3n) is 9.01. The van der Waals surface area contributed by atoms with E-state index in [1.807, 2.05) is 70.3 Å². The van der Waals surface area contributed by atoms with Crippen molar-refractivity contribution in [1.82, 2.24) is 19.6 Å². The lowest BCUT2D eigenvalue weighted by Crippen LogP contribution is -2.46. The Morgan fingerprint density at radius 3 is 1.57 bits per heavy atom. The summed E-state index contributed by atoms with van der Waals surface area (Å²) in [5.41, 5.74) is 6.98. The average Bonchev–Trinajstić information content (AvgIpc) is 3.09. The highest BCUT2D eigenvalue weighted by molar-refractivity contribution is 6.34. The van der Waals surface area contributed by atoms with Crippen molar-refractivity contribution in [3.63, 3.8) is 0 Å². The molecule has 0 spiro atoms.